The zero-order valence-corrected chi connectivity index (χ0v) is 21.4. The van der Waals surface area contributed by atoms with Crippen LogP contribution in [0.3, 0.4) is 0 Å². The summed E-state index contributed by atoms with van der Waals surface area (Å²) in [7, 11) is 0. The zero-order chi connectivity index (χ0) is 24.1. The Morgan fingerprint density at radius 2 is 1.94 bits per heavy atom. The summed E-state index contributed by atoms with van der Waals surface area (Å²) in [6, 6.07) is 4.29. The van der Waals surface area contributed by atoms with Crippen LogP contribution >= 0.6 is 11.3 Å². The van der Waals surface area contributed by atoms with Gasteiger partial charge in [-0.25, -0.2) is 0 Å². The molecule has 2 saturated carbocycles. The molecule has 2 heterocycles. The van der Waals surface area contributed by atoms with Crippen LogP contribution in [0.2, 0.25) is 0 Å². The molecule has 6 heteroatoms. The standard InChI is InChI=1S/C28H36N2O3S/c1-27(2,3)21-12-15-28(16-13-21)29-24(23-11-10-22(34-23)19-8-9-19)25(31)30(28)17-14-18-4-6-20(7-5-18)26(32)33/h4-6,10-11,19-21H,7-9,12-17H2,1-3H3,(H,32,33). The van der Waals surface area contributed by atoms with Gasteiger partial charge in [0, 0.05) is 11.4 Å². The predicted molar refractivity (Wildman–Crippen MR) is 136 cm³/mol. The van der Waals surface area contributed by atoms with Gasteiger partial charge >= 0.3 is 5.97 Å². The number of hydrogen-bond acceptors (Lipinski definition) is 4. The van der Waals surface area contributed by atoms with Crippen molar-refractivity contribution in [3.05, 3.63) is 45.7 Å². The minimum atomic E-state index is -0.782. The molecule has 5 nitrogen and oxygen atoms in total. The first kappa shape index (κ1) is 23.5. The van der Waals surface area contributed by atoms with Crippen LogP contribution in [0, 0.1) is 17.3 Å². The zero-order valence-electron chi connectivity index (χ0n) is 20.5. The van der Waals surface area contributed by atoms with Crippen molar-refractivity contribution < 1.29 is 14.7 Å². The van der Waals surface area contributed by atoms with E-state index in [4.69, 9.17) is 4.99 Å². The third kappa shape index (κ3) is 4.53. The van der Waals surface area contributed by atoms with Crippen LogP contribution in [-0.4, -0.2) is 39.8 Å². The minimum absolute atomic E-state index is 0.0715. The average molecular weight is 481 g/mol. The van der Waals surface area contributed by atoms with E-state index < -0.39 is 17.6 Å². The van der Waals surface area contributed by atoms with Gasteiger partial charge in [0.15, 0.2) is 0 Å². The molecular formula is C28H36N2O3S. The van der Waals surface area contributed by atoms with Gasteiger partial charge in [0.25, 0.3) is 5.91 Å². The second-order valence-corrected chi connectivity index (χ2v) is 12.7. The molecule has 1 aromatic heterocycles. The summed E-state index contributed by atoms with van der Waals surface area (Å²) in [5.41, 5.74) is 1.61. The molecule has 1 spiro atoms. The molecule has 1 unspecified atom stereocenters. The lowest BCUT2D eigenvalue weighted by Crippen LogP contribution is -2.50. The van der Waals surface area contributed by atoms with Gasteiger partial charge < -0.3 is 10.0 Å². The van der Waals surface area contributed by atoms with Crippen molar-refractivity contribution >= 4 is 28.9 Å². The van der Waals surface area contributed by atoms with Crippen LogP contribution in [-0.2, 0) is 9.59 Å². The van der Waals surface area contributed by atoms with Crippen molar-refractivity contribution in [2.45, 2.75) is 83.7 Å². The fourth-order valence-electron chi connectivity index (χ4n) is 5.77. The van der Waals surface area contributed by atoms with E-state index in [-0.39, 0.29) is 11.3 Å². The number of carbonyl (C=O) groups is 2. The molecule has 1 aromatic rings. The number of thiophene rings is 1. The van der Waals surface area contributed by atoms with E-state index in [0.717, 1.165) is 42.6 Å². The average Bonchev–Trinajstić information content (AvgIpc) is 3.48. The highest BCUT2D eigenvalue weighted by Crippen LogP contribution is 2.48. The maximum Gasteiger partial charge on any atom is 0.310 e. The van der Waals surface area contributed by atoms with Crippen molar-refractivity contribution in [3.8, 4) is 0 Å². The van der Waals surface area contributed by atoms with Crippen LogP contribution < -0.4 is 0 Å². The number of allylic oxidation sites excluding steroid dienone is 2. The van der Waals surface area contributed by atoms with Crippen LogP contribution in [0.1, 0.15) is 87.8 Å². The van der Waals surface area contributed by atoms with Gasteiger partial charge in [-0.15, -0.1) is 11.3 Å². The van der Waals surface area contributed by atoms with Crippen LogP contribution in [0.25, 0.3) is 0 Å². The van der Waals surface area contributed by atoms with Gasteiger partial charge in [-0.05, 0) is 80.8 Å². The number of amides is 1. The highest BCUT2D eigenvalue weighted by atomic mass is 32.1. The van der Waals surface area contributed by atoms with E-state index in [9.17, 15) is 14.7 Å². The molecule has 1 atom stereocenters. The van der Waals surface area contributed by atoms with Crippen molar-refractivity contribution in [2.75, 3.05) is 6.54 Å². The number of rotatable bonds is 6. The largest absolute Gasteiger partial charge is 0.481 e. The molecule has 1 aliphatic heterocycles. The normalized spacial score (nSPS) is 29.5. The smallest absolute Gasteiger partial charge is 0.310 e. The third-order valence-corrected chi connectivity index (χ3v) is 9.49. The SMILES string of the molecule is CC(C)(C)C1CCC2(CC1)N=C(c1ccc(C3CC3)s1)C(=O)N2CCC1=CCC(C(=O)O)C=C1. The van der Waals surface area contributed by atoms with Gasteiger partial charge in [-0.3, -0.25) is 14.6 Å². The lowest BCUT2D eigenvalue weighted by Gasteiger charge is -2.45. The van der Waals surface area contributed by atoms with Gasteiger partial charge in [-0.2, -0.15) is 0 Å². The third-order valence-electron chi connectivity index (χ3n) is 8.24. The Bertz CT molecular complexity index is 1060. The van der Waals surface area contributed by atoms with Crippen LogP contribution in [0.5, 0.6) is 0 Å². The molecule has 182 valence electrons. The Morgan fingerprint density at radius 1 is 1.21 bits per heavy atom. The maximum absolute atomic E-state index is 13.8. The van der Waals surface area contributed by atoms with E-state index in [2.05, 4.69) is 37.8 Å². The first-order valence-corrected chi connectivity index (χ1v) is 13.6. The van der Waals surface area contributed by atoms with Crippen molar-refractivity contribution in [3.63, 3.8) is 0 Å². The lowest BCUT2D eigenvalue weighted by atomic mass is 9.69. The summed E-state index contributed by atoms with van der Waals surface area (Å²) in [6.07, 6.45) is 13.5. The molecule has 0 bridgehead atoms. The van der Waals surface area contributed by atoms with Crippen LogP contribution in [0.15, 0.2) is 40.9 Å². The summed E-state index contributed by atoms with van der Waals surface area (Å²) in [5, 5.41) is 9.24. The Kier molecular flexibility index (Phi) is 6.07. The number of nitrogens with zero attached hydrogens (tertiary/aromatic N) is 2. The Hall–Kier alpha value is -2.21. The van der Waals surface area contributed by atoms with E-state index in [1.54, 1.807) is 17.4 Å². The second kappa shape index (κ2) is 8.78. The van der Waals surface area contributed by atoms with E-state index in [0.29, 0.717) is 30.5 Å². The second-order valence-electron chi connectivity index (χ2n) is 11.6. The number of carboxylic acids is 1. The summed E-state index contributed by atoms with van der Waals surface area (Å²) in [5.74, 6) is 0.181. The summed E-state index contributed by atoms with van der Waals surface area (Å²) >= 11 is 1.75. The lowest BCUT2D eigenvalue weighted by molar-refractivity contribution is -0.140. The molecule has 2 fully saturated rings. The molecule has 0 aromatic carbocycles. The number of hydrogen-bond donors (Lipinski definition) is 1. The summed E-state index contributed by atoms with van der Waals surface area (Å²) < 4.78 is 0. The van der Waals surface area contributed by atoms with Crippen molar-refractivity contribution in [1.82, 2.24) is 4.90 Å². The molecule has 1 N–H and O–H groups in total. The fraction of sp³-hybridized carbons (Fsp3) is 0.607. The highest BCUT2D eigenvalue weighted by molar-refractivity contribution is 7.15. The topological polar surface area (TPSA) is 70.0 Å². The van der Waals surface area contributed by atoms with Crippen molar-refractivity contribution in [2.24, 2.45) is 22.2 Å². The molecule has 4 aliphatic rings. The Morgan fingerprint density at radius 3 is 2.53 bits per heavy atom. The molecule has 5 rings (SSSR count). The van der Waals surface area contributed by atoms with Crippen LogP contribution in [0.4, 0.5) is 0 Å². The van der Waals surface area contributed by atoms with E-state index >= 15 is 0 Å². The molecular weight excluding hydrogens is 444 g/mol. The number of aliphatic carboxylic acids is 1. The number of carboxylic acid groups (broad SMARTS) is 1. The fourth-order valence-corrected chi connectivity index (χ4v) is 6.93. The summed E-state index contributed by atoms with van der Waals surface area (Å²) in [6.45, 7) is 7.58. The van der Waals surface area contributed by atoms with E-state index in [1.165, 1.54) is 17.7 Å². The monoisotopic (exact) mass is 480 g/mol. The van der Waals surface area contributed by atoms with Gasteiger partial charge in [0.1, 0.15) is 11.4 Å². The first-order valence-electron chi connectivity index (χ1n) is 12.8. The molecule has 1 amide bonds. The number of carbonyl (C=O) groups excluding carboxylic acids is 1. The quantitative estimate of drug-likeness (QED) is 0.529. The molecule has 0 radical (unpaired) electrons. The predicted octanol–water partition coefficient (Wildman–Crippen LogP) is 6.17. The highest BCUT2D eigenvalue weighted by Gasteiger charge is 2.50. The Labute approximate surface area is 206 Å². The van der Waals surface area contributed by atoms with Gasteiger partial charge in [0.05, 0.1) is 10.8 Å². The van der Waals surface area contributed by atoms with Gasteiger partial charge in [0.2, 0.25) is 0 Å². The number of aliphatic imine (C=N–C) groups is 1. The summed E-state index contributed by atoms with van der Waals surface area (Å²) in [4.78, 5) is 34.7. The molecule has 3 aliphatic carbocycles. The Balaban J connectivity index is 1.36. The molecule has 34 heavy (non-hydrogen) atoms. The minimum Gasteiger partial charge on any atom is -0.481 e. The first-order chi connectivity index (χ1) is 16.2. The van der Waals surface area contributed by atoms with Gasteiger partial charge in [-0.1, -0.05) is 44.6 Å². The molecule has 0 saturated heterocycles. The maximum atomic E-state index is 13.8. The van der Waals surface area contributed by atoms with E-state index in [1.807, 2.05) is 12.2 Å². The van der Waals surface area contributed by atoms with Crippen molar-refractivity contribution in [1.29, 1.82) is 0 Å².